The van der Waals surface area contributed by atoms with Gasteiger partial charge in [-0.05, 0) is 26.2 Å². The van der Waals surface area contributed by atoms with Gasteiger partial charge in [-0.3, -0.25) is 4.48 Å². The van der Waals surface area contributed by atoms with Gasteiger partial charge in [0.2, 0.25) is 0 Å². The summed E-state index contributed by atoms with van der Waals surface area (Å²) in [6.07, 6.45) is 3.88. The van der Waals surface area contributed by atoms with Gasteiger partial charge < -0.3 is 21.9 Å². The number of methoxy groups -OCH3 is 1. The van der Waals surface area contributed by atoms with Gasteiger partial charge in [0, 0.05) is 7.11 Å². The molecule has 3 nitrogen and oxygen atoms in total. The summed E-state index contributed by atoms with van der Waals surface area (Å²) in [7, 11) is 3.96. The van der Waals surface area contributed by atoms with Gasteiger partial charge in [0.1, 0.15) is 0 Å². The van der Waals surface area contributed by atoms with Crippen LogP contribution in [0.25, 0.3) is 0 Å². The highest BCUT2D eigenvalue weighted by atomic mass is 35.5. The molecule has 1 unspecified atom stereocenters. The van der Waals surface area contributed by atoms with Crippen LogP contribution in [0.3, 0.4) is 0 Å². The summed E-state index contributed by atoms with van der Waals surface area (Å²) < 4.78 is 11.9. The summed E-state index contributed by atoms with van der Waals surface area (Å²) >= 11 is 0. The molecule has 0 saturated carbocycles. The molecule has 0 aromatic rings. The third-order valence-corrected chi connectivity index (χ3v) is 2.86. The van der Waals surface area contributed by atoms with E-state index in [2.05, 4.69) is 7.05 Å². The number of halogens is 1. The van der Waals surface area contributed by atoms with Crippen LogP contribution < -0.4 is 12.4 Å². The minimum absolute atomic E-state index is 0. The Bertz CT molecular complexity index is 149. The summed E-state index contributed by atoms with van der Waals surface area (Å²) in [6.45, 7) is 5.10. The highest BCUT2D eigenvalue weighted by Gasteiger charge is 2.34. The second kappa shape index (κ2) is 6.62. The van der Waals surface area contributed by atoms with Crippen molar-refractivity contribution in [3.8, 4) is 0 Å². The fraction of sp³-hybridized carbons (Fsp3) is 1.00. The number of likely N-dealkylation sites (tertiary alicyclic amines) is 1. The molecule has 14 heavy (non-hydrogen) atoms. The van der Waals surface area contributed by atoms with Crippen molar-refractivity contribution in [1.29, 1.82) is 0 Å². The largest absolute Gasteiger partial charge is 1.00 e. The number of nitrogens with zero attached hydrogens (tertiary/aromatic N) is 1. The zero-order valence-corrected chi connectivity index (χ0v) is 10.2. The molecule has 0 amide bonds. The second-order valence-electron chi connectivity index (χ2n) is 3.99. The van der Waals surface area contributed by atoms with Crippen LogP contribution in [0.2, 0.25) is 0 Å². The molecule has 1 saturated heterocycles. The highest BCUT2D eigenvalue weighted by molar-refractivity contribution is 4.51. The van der Waals surface area contributed by atoms with Gasteiger partial charge in [-0.15, -0.1) is 0 Å². The topological polar surface area (TPSA) is 18.5 Å². The Morgan fingerprint density at radius 2 is 1.79 bits per heavy atom. The fourth-order valence-corrected chi connectivity index (χ4v) is 2.09. The predicted octanol–water partition coefficient (Wildman–Crippen LogP) is -1.41. The SMILES string of the molecule is CCOC(OC)[N+]1(C)CCCCC1.[Cl-]. The molecule has 0 radical (unpaired) electrons. The summed E-state index contributed by atoms with van der Waals surface area (Å²) in [4.78, 5) is 0. The molecule has 1 fully saturated rings. The minimum atomic E-state index is -0.0645. The predicted molar refractivity (Wildman–Crippen MR) is 52.2 cm³/mol. The van der Waals surface area contributed by atoms with E-state index in [0.29, 0.717) is 0 Å². The van der Waals surface area contributed by atoms with E-state index in [9.17, 15) is 0 Å². The Morgan fingerprint density at radius 3 is 2.21 bits per heavy atom. The lowest BCUT2D eigenvalue weighted by atomic mass is 10.1. The van der Waals surface area contributed by atoms with Crippen LogP contribution in [0.1, 0.15) is 26.2 Å². The third-order valence-electron chi connectivity index (χ3n) is 2.86. The van der Waals surface area contributed by atoms with Crippen molar-refractivity contribution in [2.24, 2.45) is 0 Å². The van der Waals surface area contributed by atoms with E-state index in [1.165, 1.54) is 32.4 Å². The van der Waals surface area contributed by atoms with Gasteiger partial charge in [-0.2, -0.15) is 0 Å². The lowest BCUT2D eigenvalue weighted by Gasteiger charge is -2.41. The molecule has 4 heteroatoms. The molecule has 0 N–H and O–H groups in total. The van der Waals surface area contributed by atoms with Gasteiger partial charge >= 0.3 is 6.41 Å². The smallest absolute Gasteiger partial charge is 0.308 e. The van der Waals surface area contributed by atoms with E-state index < -0.39 is 0 Å². The van der Waals surface area contributed by atoms with Gasteiger partial charge in [0.25, 0.3) is 0 Å². The number of hydrogen-bond donors (Lipinski definition) is 0. The van der Waals surface area contributed by atoms with E-state index >= 15 is 0 Å². The number of quaternary nitrogens is 1. The molecular weight excluding hydrogens is 202 g/mol. The number of ether oxygens (including phenoxy) is 2. The van der Waals surface area contributed by atoms with Crippen LogP contribution in [0, 0.1) is 0 Å². The number of rotatable bonds is 4. The number of hydrogen-bond acceptors (Lipinski definition) is 2. The standard InChI is InChI=1S/C10H22NO2.ClH/c1-4-13-10(12-3)11(2)8-6-5-7-9-11;/h10H,4-9H2,1-3H3;1H/q+1;/p-1. The summed E-state index contributed by atoms with van der Waals surface area (Å²) in [5.74, 6) is 0. The van der Waals surface area contributed by atoms with Gasteiger partial charge in [-0.25, -0.2) is 0 Å². The van der Waals surface area contributed by atoms with E-state index in [1.54, 1.807) is 7.11 Å². The maximum absolute atomic E-state index is 5.58. The fourth-order valence-electron chi connectivity index (χ4n) is 2.09. The van der Waals surface area contributed by atoms with E-state index in [-0.39, 0.29) is 18.8 Å². The first-order valence-electron chi connectivity index (χ1n) is 5.21. The average Bonchev–Trinajstić information content (AvgIpc) is 2.15. The second-order valence-corrected chi connectivity index (χ2v) is 3.99. The van der Waals surface area contributed by atoms with E-state index in [1.807, 2.05) is 6.92 Å². The molecule has 86 valence electrons. The first-order chi connectivity index (χ1) is 6.23. The van der Waals surface area contributed by atoms with Crippen molar-refractivity contribution in [3.63, 3.8) is 0 Å². The Labute approximate surface area is 93.4 Å². The molecule has 0 aliphatic carbocycles. The maximum Gasteiger partial charge on any atom is 0.308 e. The van der Waals surface area contributed by atoms with Gasteiger partial charge in [0.05, 0.1) is 26.7 Å². The molecule has 0 bridgehead atoms. The molecule has 1 rings (SSSR count). The monoisotopic (exact) mass is 223 g/mol. The first-order valence-corrected chi connectivity index (χ1v) is 5.21. The molecule has 0 spiro atoms. The quantitative estimate of drug-likeness (QED) is 0.431. The Balaban J connectivity index is 0.00000169. The highest BCUT2D eigenvalue weighted by Crippen LogP contribution is 2.21. The van der Waals surface area contributed by atoms with Gasteiger partial charge in [-0.1, -0.05) is 0 Å². The van der Waals surface area contributed by atoms with Crippen LogP contribution in [0.15, 0.2) is 0 Å². The Morgan fingerprint density at radius 1 is 1.21 bits per heavy atom. The normalized spacial score (nSPS) is 22.5. The van der Waals surface area contributed by atoms with E-state index in [4.69, 9.17) is 9.47 Å². The lowest BCUT2D eigenvalue weighted by molar-refractivity contribution is -0.981. The third kappa shape index (κ3) is 3.39. The molecule has 1 atom stereocenters. The molecule has 1 aliphatic heterocycles. The number of piperidine rings is 1. The zero-order valence-electron chi connectivity index (χ0n) is 9.46. The van der Waals surface area contributed by atoms with Crippen molar-refractivity contribution >= 4 is 0 Å². The maximum atomic E-state index is 5.58. The first kappa shape index (κ1) is 14.2. The summed E-state index contributed by atoms with van der Waals surface area (Å²) in [6, 6.07) is 0. The van der Waals surface area contributed by atoms with Crippen LogP contribution in [-0.4, -0.2) is 44.8 Å². The van der Waals surface area contributed by atoms with Crippen LogP contribution in [0.5, 0.6) is 0 Å². The van der Waals surface area contributed by atoms with Crippen molar-refractivity contribution in [3.05, 3.63) is 0 Å². The van der Waals surface area contributed by atoms with Gasteiger partial charge in [0.15, 0.2) is 0 Å². The minimum Gasteiger partial charge on any atom is -1.00 e. The lowest BCUT2D eigenvalue weighted by Crippen LogP contribution is -3.00. The van der Waals surface area contributed by atoms with Crippen molar-refractivity contribution < 1.29 is 26.4 Å². The van der Waals surface area contributed by atoms with Crippen LogP contribution in [0.4, 0.5) is 0 Å². The van der Waals surface area contributed by atoms with Crippen LogP contribution in [-0.2, 0) is 9.47 Å². The summed E-state index contributed by atoms with van der Waals surface area (Å²) in [5.41, 5.74) is 0. The molecule has 1 aliphatic rings. The average molecular weight is 224 g/mol. The van der Waals surface area contributed by atoms with Crippen molar-refractivity contribution in [1.82, 2.24) is 0 Å². The molecule has 1 heterocycles. The Hall–Kier alpha value is 0.170. The van der Waals surface area contributed by atoms with Crippen LogP contribution >= 0.6 is 0 Å². The molecule has 0 aromatic carbocycles. The molecule has 0 aromatic heterocycles. The summed E-state index contributed by atoms with van der Waals surface area (Å²) in [5, 5.41) is 0. The zero-order chi connectivity index (χ0) is 9.73. The van der Waals surface area contributed by atoms with Crippen molar-refractivity contribution in [2.75, 3.05) is 33.9 Å². The molecular formula is C10H22ClNO2. The Kier molecular flexibility index (Phi) is 6.70. The van der Waals surface area contributed by atoms with E-state index in [0.717, 1.165) is 11.1 Å². The van der Waals surface area contributed by atoms with Crippen molar-refractivity contribution in [2.45, 2.75) is 32.6 Å².